The van der Waals surface area contributed by atoms with Gasteiger partial charge in [-0.05, 0) is 37.1 Å². The molecule has 124 valence electrons. The molecule has 0 radical (unpaired) electrons. The molecule has 0 atom stereocenters. The number of sulfonamides is 1. The molecule has 0 bridgehead atoms. The number of nitrogens with one attached hydrogen (secondary N) is 2. The van der Waals surface area contributed by atoms with Crippen molar-refractivity contribution in [2.75, 3.05) is 26.3 Å². The monoisotopic (exact) mass is 330 g/mol. The third-order valence-electron chi connectivity index (χ3n) is 2.79. The van der Waals surface area contributed by atoms with Crippen molar-refractivity contribution in [3.63, 3.8) is 0 Å². The fraction of sp³-hybridized carbons (Fsp3) is 0.500. The van der Waals surface area contributed by atoms with Gasteiger partial charge < -0.3 is 15.2 Å². The average molecular weight is 330 g/mol. The molecule has 0 fully saturated rings. The van der Waals surface area contributed by atoms with Crippen molar-refractivity contribution in [1.82, 2.24) is 10.0 Å². The highest BCUT2D eigenvalue weighted by Gasteiger charge is 2.15. The Labute approximate surface area is 130 Å². The minimum absolute atomic E-state index is 0.137. The number of benzene rings is 1. The Morgan fingerprint density at radius 1 is 1.32 bits per heavy atom. The van der Waals surface area contributed by atoms with Crippen LogP contribution in [-0.4, -0.2) is 45.7 Å². The van der Waals surface area contributed by atoms with E-state index in [0.717, 1.165) is 0 Å². The van der Waals surface area contributed by atoms with Gasteiger partial charge in [-0.15, -0.1) is 0 Å². The second-order valence-electron chi connectivity index (χ2n) is 4.69. The number of hydrogen-bond donors (Lipinski definition) is 3. The molecule has 1 amide bonds. The summed E-state index contributed by atoms with van der Waals surface area (Å²) in [4.78, 5) is 11.5. The van der Waals surface area contributed by atoms with Crippen LogP contribution in [0, 0.1) is 6.92 Å². The number of hydrogen-bond acceptors (Lipinski definition) is 5. The Bertz CT molecular complexity index is 601. The van der Waals surface area contributed by atoms with Crippen LogP contribution < -0.4 is 14.8 Å². The van der Waals surface area contributed by atoms with Gasteiger partial charge in [0.1, 0.15) is 5.75 Å². The Morgan fingerprint density at radius 3 is 2.64 bits per heavy atom. The average Bonchev–Trinajstić information content (AvgIpc) is 2.49. The molecule has 8 heteroatoms. The molecule has 0 aliphatic carbocycles. The highest BCUT2D eigenvalue weighted by Crippen LogP contribution is 2.21. The molecule has 0 unspecified atom stereocenters. The summed E-state index contributed by atoms with van der Waals surface area (Å²) in [6.45, 7) is 3.81. The maximum Gasteiger partial charge on any atom is 0.258 e. The van der Waals surface area contributed by atoms with Crippen LogP contribution in [-0.2, 0) is 14.8 Å². The Morgan fingerprint density at radius 2 is 2.05 bits per heavy atom. The smallest absolute Gasteiger partial charge is 0.258 e. The standard InChI is InChI=1S/C14H22N2O5S/c1-3-6-16-22(19,20)12-4-5-13(11(2)9-12)21-10-14(18)15-7-8-17/h4-5,9,16-17H,3,6-8,10H2,1-2H3,(H,15,18). The molecular weight excluding hydrogens is 308 g/mol. The molecule has 0 spiro atoms. The van der Waals surface area contributed by atoms with E-state index >= 15 is 0 Å². The molecule has 1 rings (SSSR count). The second kappa shape index (κ2) is 8.72. The topological polar surface area (TPSA) is 105 Å². The summed E-state index contributed by atoms with van der Waals surface area (Å²) in [6.07, 6.45) is 0.711. The number of aryl methyl sites for hydroxylation is 1. The summed E-state index contributed by atoms with van der Waals surface area (Å²) in [5.74, 6) is 0.0864. The van der Waals surface area contributed by atoms with Crippen LogP contribution in [0.15, 0.2) is 23.1 Å². The Kier molecular flexibility index (Phi) is 7.30. The summed E-state index contributed by atoms with van der Waals surface area (Å²) in [7, 11) is -3.52. The van der Waals surface area contributed by atoms with E-state index in [0.29, 0.717) is 24.3 Å². The first-order valence-electron chi connectivity index (χ1n) is 7.01. The number of amides is 1. The first-order valence-corrected chi connectivity index (χ1v) is 8.49. The lowest BCUT2D eigenvalue weighted by Gasteiger charge is -2.11. The number of aliphatic hydroxyl groups excluding tert-OH is 1. The van der Waals surface area contributed by atoms with Crippen LogP contribution in [0.5, 0.6) is 5.75 Å². The van der Waals surface area contributed by atoms with Crippen LogP contribution in [0.3, 0.4) is 0 Å². The Hall–Kier alpha value is -1.64. The van der Waals surface area contributed by atoms with Gasteiger partial charge in [0.2, 0.25) is 10.0 Å². The number of ether oxygens (including phenoxy) is 1. The predicted molar refractivity (Wildman–Crippen MR) is 82.2 cm³/mol. The minimum Gasteiger partial charge on any atom is -0.484 e. The largest absolute Gasteiger partial charge is 0.484 e. The zero-order valence-corrected chi connectivity index (χ0v) is 13.6. The van der Waals surface area contributed by atoms with Crippen molar-refractivity contribution in [3.8, 4) is 5.75 Å². The summed E-state index contributed by atoms with van der Waals surface area (Å²) in [5, 5.41) is 11.1. The quantitative estimate of drug-likeness (QED) is 0.599. The van der Waals surface area contributed by atoms with E-state index in [2.05, 4.69) is 10.0 Å². The first-order chi connectivity index (χ1) is 10.4. The third kappa shape index (κ3) is 5.63. The van der Waals surface area contributed by atoms with Gasteiger partial charge in [-0.25, -0.2) is 13.1 Å². The van der Waals surface area contributed by atoms with Gasteiger partial charge in [-0.1, -0.05) is 6.92 Å². The zero-order chi connectivity index (χ0) is 16.6. The van der Waals surface area contributed by atoms with Crippen LogP contribution >= 0.6 is 0 Å². The summed E-state index contributed by atoms with van der Waals surface area (Å²) in [6, 6.07) is 4.46. The van der Waals surface area contributed by atoms with Crippen molar-refractivity contribution < 1.29 is 23.1 Å². The van der Waals surface area contributed by atoms with Gasteiger partial charge in [-0.3, -0.25) is 4.79 Å². The van der Waals surface area contributed by atoms with Crippen molar-refractivity contribution in [3.05, 3.63) is 23.8 Å². The summed E-state index contributed by atoms with van der Waals surface area (Å²) >= 11 is 0. The Balaban J connectivity index is 2.72. The highest BCUT2D eigenvalue weighted by molar-refractivity contribution is 7.89. The number of carbonyl (C=O) groups excluding carboxylic acids is 1. The normalized spacial score (nSPS) is 11.2. The molecule has 1 aromatic carbocycles. The highest BCUT2D eigenvalue weighted by atomic mass is 32.2. The van der Waals surface area contributed by atoms with Gasteiger partial charge in [0.25, 0.3) is 5.91 Å². The van der Waals surface area contributed by atoms with Gasteiger partial charge >= 0.3 is 0 Å². The number of rotatable bonds is 9. The molecule has 0 heterocycles. The van der Waals surface area contributed by atoms with Crippen molar-refractivity contribution in [2.45, 2.75) is 25.2 Å². The fourth-order valence-electron chi connectivity index (χ4n) is 1.66. The minimum atomic E-state index is -3.52. The van der Waals surface area contributed by atoms with E-state index in [9.17, 15) is 13.2 Å². The molecule has 0 aromatic heterocycles. The molecule has 0 aliphatic heterocycles. The lowest BCUT2D eigenvalue weighted by atomic mass is 10.2. The zero-order valence-electron chi connectivity index (χ0n) is 12.8. The molecule has 0 saturated heterocycles. The van der Waals surface area contributed by atoms with Crippen LogP contribution in [0.4, 0.5) is 0 Å². The first kappa shape index (κ1) is 18.4. The maximum atomic E-state index is 12.0. The molecule has 1 aromatic rings. The van der Waals surface area contributed by atoms with Crippen molar-refractivity contribution >= 4 is 15.9 Å². The molecular formula is C14H22N2O5S. The van der Waals surface area contributed by atoms with Crippen molar-refractivity contribution in [2.24, 2.45) is 0 Å². The van der Waals surface area contributed by atoms with Crippen LogP contribution in [0.2, 0.25) is 0 Å². The van der Waals surface area contributed by atoms with Crippen LogP contribution in [0.1, 0.15) is 18.9 Å². The van der Waals surface area contributed by atoms with E-state index in [1.807, 2.05) is 6.92 Å². The van der Waals surface area contributed by atoms with E-state index in [4.69, 9.17) is 9.84 Å². The predicted octanol–water partition coefficient (Wildman–Crippen LogP) is 0.171. The van der Waals surface area contributed by atoms with E-state index in [1.54, 1.807) is 6.92 Å². The van der Waals surface area contributed by atoms with Gasteiger partial charge in [0.15, 0.2) is 6.61 Å². The fourth-order valence-corrected chi connectivity index (χ4v) is 2.88. The van der Waals surface area contributed by atoms with E-state index in [-0.39, 0.29) is 30.6 Å². The number of aliphatic hydroxyl groups is 1. The summed E-state index contributed by atoms with van der Waals surface area (Å²) < 4.78 is 31.8. The third-order valence-corrected chi connectivity index (χ3v) is 4.25. The second-order valence-corrected chi connectivity index (χ2v) is 6.45. The summed E-state index contributed by atoms with van der Waals surface area (Å²) in [5.41, 5.74) is 0.620. The SMILES string of the molecule is CCCNS(=O)(=O)c1ccc(OCC(=O)NCCO)c(C)c1. The van der Waals surface area contributed by atoms with Gasteiger partial charge in [0, 0.05) is 13.1 Å². The molecule has 7 nitrogen and oxygen atoms in total. The lowest BCUT2D eigenvalue weighted by Crippen LogP contribution is -2.31. The molecule has 22 heavy (non-hydrogen) atoms. The van der Waals surface area contributed by atoms with E-state index < -0.39 is 10.0 Å². The van der Waals surface area contributed by atoms with Crippen LogP contribution in [0.25, 0.3) is 0 Å². The van der Waals surface area contributed by atoms with Crippen molar-refractivity contribution in [1.29, 1.82) is 0 Å². The number of carbonyl (C=O) groups is 1. The molecule has 0 saturated carbocycles. The van der Waals surface area contributed by atoms with Gasteiger partial charge in [-0.2, -0.15) is 0 Å². The van der Waals surface area contributed by atoms with E-state index in [1.165, 1.54) is 18.2 Å². The van der Waals surface area contributed by atoms with Gasteiger partial charge in [0.05, 0.1) is 11.5 Å². The maximum absolute atomic E-state index is 12.0. The lowest BCUT2D eigenvalue weighted by molar-refractivity contribution is -0.123. The molecule has 3 N–H and O–H groups in total. The molecule has 0 aliphatic rings.